The Labute approximate surface area is 143 Å². The molecule has 0 radical (unpaired) electrons. The van der Waals surface area contributed by atoms with Crippen molar-refractivity contribution in [3.63, 3.8) is 0 Å². The van der Waals surface area contributed by atoms with Crippen LogP contribution in [0, 0.1) is 0 Å². The summed E-state index contributed by atoms with van der Waals surface area (Å²) in [5, 5.41) is 11.1. The molecule has 3 heterocycles. The van der Waals surface area contributed by atoms with E-state index in [1.807, 2.05) is 18.2 Å². The number of rotatable bonds is 4. The van der Waals surface area contributed by atoms with E-state index in [2.05, 4.69) is 55.2 Å². The molecule has 2 N–H and O–H groups in total. The van der Waals surface area contributed by atoms with Gasteiger partial charge in [-0.2, -0.15) is 5.10 Å². The van der Waals surface area contributed by atoms with Gasteiger partial charge in [0, 0.05) is 35.9 Å². The van der Waals surface area contributed by atoms with Crippen molar-refractivity contribution in [1.82, 2.24) is 24.7 Å². The van der Waals surface area contributed by atoms with Crippen LogP contribution in [0.1, 0.15) is 17.4 Å². The molecule has 7 nitrogen and oxygen atoms in total. The summed E-state index contributed by atoms with van der Waals surface area (Å²) in [5.41, 5.74) is 3.28. The van der Waals surface area contributed by atoms with E-state index in [0.717, 1.165) is 17.9 Å². The Hall–Kier alpha value is -3.48. The third kappa shape index (κ3) is 2.76. The number of carbonyl (C=O) groups is 1. The van der Waals surface area contributed by atoms with Gasteiger partial charge in [-0.3, -0.25) is 14.9 Å². The van der Waals surface area contributed by atoms with Crippen LogP contribution in [0.3, 0.4) is 0 Å². The van der Waals surface area contributed by atoms with Gasteiger partial charge in [-0.15, -0.1) is 0 Å². The van der Waals surface area contributed by atoms with E-state index >= 15 is 0 Å². The number of hydrogen-bond acceptors (Lipinski definition) is 4. The van der Waals surface area contributed by atoms with E-state index in [-0.39, 0.29) is 11.6 Å². The van der Waals surface area contributed by atoms with E-state index in [1.165, 1.54) is 29.5 Å². The third-order valence-electron chi connectivity index (χ3n) is 4.02. The number of fused-ring (bicyclic) bond motifs is 1. The van der Waals surface area contributed by atoms with Gasteiger partial charge in [-0.25, -0.2) is 4.98 Å². The Morgan fingerprint density at radius 2 is 2.12 bits per heavy atom. The summed E-state index contributed by atoms with van der Waals surface area (Å²) in [6.45, 7) is 2.94. The average molecular weight is 332 g/mol. The van der Waals surface area contributed by atoms with Crippen LogP contribution >= 0.6 is 0 Å². The van der Waals surface area contributed by atoms with Crippen LogP contribution in [0.5, 0.6) is 0 Å². The van der Waals surface area contributed by atoms with E-state index in [4.69, 9.17) is 0 Å². The minimum atomic E-state index is -0.345. The summed E-state index contributed by atoms with van der Waals surface area (Å²) in [5.74, 6) is 0.0979. The summed E-state index contributed by atoms with van der Waals surface area (Å²) in [4.78, 5) is 20.0. The predicted molar refractivity (Wildman–Crippen MR) is 95.2 cm³/mol. The highest BCUT2D eigenvalue weighted by atomic mass is 16.2. The van der Waals surface area contributed by atoms with Gasteiger partial charge in [0.25, 0.3) is 5.91 Å². The number of anilines is 1. The number of benzene rings is 1. The molecule has 0 aliphatic carbocycles. The second kappa shape index (κ2) is 6.20. The molecule has 0 spiro atoms. The molecule has 0 aliphatic rings. The molecule has 25 heavy (non-hydrogen) atoms. The van der Waals surface area contributed by atoms with Gasteiger partial charge in [0.05, 0.1) is 17.6 Å². The fourth-order valence-corrected chi connectivity index (χ4v) is 2.89. The SMILES string of the molecule is CCn1c(-c2cc(NC(=O)c3cnccn3)n[nH]2)cc2ccccc21. The van der Waals surface area contributed by atoms with Crippen molar-refractivity contribution in [2.45, 2.75) is 13.5 Å². The monoisotopic (exact) mass is 332 g/mol. The van der Waals surface area contributed by atoms with Crippen LogP contribution in [-0.2, 0) is 6.54 Å². The van der Waals surface area contributed by atoms with Gasteiger partial charge in [-0.1, -0.05) is 18.2 Å². The molecule has 124 valence electrons. The van der Waals surface area contributed by atoms with Crippen LogP contribution in [0.2, 0.25) is 0 Å². The number of aromatic amines is 1. The van der Waals surface area contributed by atoms with Crippen molar-refractivity contribution >= 4 is 22.6 Å². The zero-order chi connectivity index (χ0) is 17.2. The normalized spacial score (nSPS) is 10.9. The maximum atomic E-state index is 12.2. The lowest BCUT2D eigenvalue weighted by Crippen LogP contribution is -2.13. The molecule has 0 bridgehead atoms. The zero-order valence-electron chi connectivity index (χ0n) is 13.6. The number of aromatic nitrogens is 5. The lowest BCUT2D eigenvalue weighted by Gasteiger charge is -2.05. The standard InChI is InChI=1S/C18H16N6O/c1-2-24-15-6-4-3-5-12(15)9-16(24)13-10-17(23-22-13)21-18(25)14-11-19-7-8-20-14/h3-11H,2H2,1H3,(H2,21,22,23,25). The molecule has 0 fully saturated rings. The largest absolute Gasteiger partial charge is 0.340 e. The molecule has 0 unspecified atom stereocenters. The number of H-pyrrole nitrogens is 1. The van der Waals surface area contributed by atoms with Gasteiger partial charge in [0.15, 0.2) is 5.82 Å². The second-order valence-corrected chi connectivity index (χ2v) is 5.54. The van der Waals surface area contributed by atoms with Crippen molar-refractivity contribution < 1.29 is 4.79 Å². The fourth-order valence-electron chi connectivity index (χ4n) is 2.89. The summed E-state index contributed by atoms with van der Waals surface area (Å²) in [6, 6.07) is 12.1. The minimum absolute atomic E-state index is 0.245. The Balaban J connectivity index is 1.65. The lowest BCUT2D eigenvalue weighted by atomic mass is 10.2. The summed E-state index contributed by atoms with van der Waals surface area (Å²) in [7, 11) is 0. The Kier molecular flexibility index (Phi) is 3.74. The van der Waals surface area contributed by atoms with Crippen LogP contribution in [0.15, 0.2) is 55.0 Å². The number of hydrogen-bond donors (Lipinski definition) is 2. The van der Waals surface area contributed by atoms with Crippen molar-refractivity contribution in [2.75, 3.05) is 5.32 Å². The number of carbonyl (C=O) groups excluding carboxylic acids is 1. The summed E-state index contributed by atoms with van der Waals surface area (Å²) >= 11 is 0. The first-order chi connectivity index (χ1) is 12.3. The van der Waals surface area contributed by atoms with E-state index in [9.17, 15) is 4.79 Å². The second-order valence-electron chi connectivity index (χ2n) is 5.54. The molecule has 3 aromatic heterocycles. The molecule has 4 rings (SSSR count). The lowest BCUT2D eigenvalue weighted by molar-refractivity contribution is 0.102. The fraction of sp³-hybridized carbons (Fsp3) is 0.111. The van der Waals surface area contributed by atoms with Crippen molar-refractivity contribution in [2.24, 2.45) is 0 Å². The molecule has 0 aliphatic heterocycles. The topological polar surface area (TPSA) is 88.5 Å². The van der Waals surface area contributed by atoms with Crippen LogP contribution in [-0.4, -0.2) is 30.6 Å². The van der Waals surface area contributed by atoms with Crippen molar-refractivity contribution in [1.29, 1.82) is 0 Å². The van der Waals surface area contributed by atoms with Crippen LogP contribution in [0.25, 0.3) is 22.3 Å². The van der Waals surface area contributed by atoms with Gasteiger partial charge >= 0.3 is 0 Å². The number of amides is 1. The first-order valence-corrected chi connectivity index (χ1v) is 7.97. The van der Waals surface area contributed by atoms with Gasteiger partial charge in [0.1, 0.15) is 5.69 Å². The first kappa shape index (κ1) is 15.1. The maximum Gasteiger partial charge on any atom is 0.277 e. The maximum absolute atomic E-state index is 12.2. The smallest absolute Gasteiger partial charge is 0.277 e. The quantitative estimate of drug-likeness (QED) is 0.601. The van der Waals surface area contributed by atoms with Crippen LogP contribution < -0.4 is 5.32 Å². The molecule has 1 aromatic carbocycles. The van der Waals surface area contributed by atoms with Crippen molar-refractivity contribution in [3.05, 3.63) is 60.7 Å². The number of aryl methyl sites for hydroxylation is 1. The predicted octanol–water partition coefficient (Wildman–Crippen LogP) is 3.09. The molecule has 0 atom stereocenters. The van der Waals surface area contributed by atoms with Crippen LogP contribution in [0.4, 0.5) is 5.82 Å². The van der Waals surface area contributed by atoms with Gasteiger partial charge in [-0.05, 0) is 19.1 Å². The summed E-state index contributed by atoms with van der Waals surface area (Å²) < 4.78 is 2.21. The van der Waals surface area contributed by atoms with Crippen molar-refractivity contribution in [3.8, 4) is 11.4 Å². The molecule has 4 aromatic rings. The van der Waals surface area contributed by atoms with E-state index < -0.39 is 0 Å². The zero-order valence-corrected chi connectivity index (χ0v) is 13.6. The molecule has 1 amide bonds. The molecular weight excluding hydrogens is 316 g/mol. The van der Waals surface area contributed by atoms with Gasteiger partial charge in [0.2, 0.25) is 0 Å². The molecule has 0 saturated carbocycles. The first-order valence-electron chi connectivity index (χ1n) is 7.97. The molecule has 0 saturated heterocycles. The average Bonchev–Trinajstić information content (AvgIpc) is 3.26. The minimum Gasteiger partial charge on any atom is -0.340 e. The number of para-hydroxylation sites is 1. The Morgan fingerprint density at radius 3 is 2.92 bits per heavy atom. The highest BCUT2D eigenvalue weighted by Gasteiger charge is 2.14. The summed E-state index contributed by atoms with van der Waals surface area (Å²) in [6.07, 6.45) is 4.41. The third-order valence-corrected chi connectivity index (χ3v) is 4.02. The Bertz CT molecular complexity index is 1030. The van der Waals surface area contributed by atoms with E-state index in [1.54, 1.807) is 0 Å². The molecular formula is C18H16N6O. The Morgan fingerprint density at radius 1 is 1.24 bits per heavy atom. The highest BCUT2D eigenvalue weighted by Crippen LogP contribution is 2.28. The highest BCUT2D eigenvalue weighted by molar-refractivity contribution is 6.02. The number of nitrogens with one attached hydrogen (secondary N) is 2. The van der Waals surface area contributed by atoms with Gasteiger partial charge < -0.3 is 9.88 Å². The molecule has 7 heteroatoms. The number of nitrogens with zero attached hydrogens (tertiary/aromatic N) is 4. The van der Waals surface area contributed by atoms with E-state index in [0.29, 0.717) is 5.82 Å².